The van der Waals surface area contributed by atoms with Crippen molar-refractivity contribution in [3.63, 3.8) is 0 Å². The summed E-state index contributed by atoms with van der Waals surface area (Å²) < 4.78 is 5.27. The summed E-state index contributed by atoms with van der Waals surface area (Å²) in [6.07, 6.45) is 4.79. The average molecular weight is 246 g/mol. The van der Waals surface area contributed by atoms with E-state index in [1.807, 2.05) is 0 Å². The normalized spacial score (nSPS) is 10.1. The molecule has 0 unspecified atom stereocenters. The Bertz CT molecular complexity index is 551. The number of amides is 1. The van der Waals surface area contributed by atoms with E-state index >= 15 is 0 Å². The third kappa shape index (κ3) is 2.65. The third-order valence-corrected chi connectivity index (χ3v) is 2.40. The van der Waals surface area contributed by atoms with Gasteiger partial charge in [-0.15, -0.1) is 0 Å². The molecule has 0 aromatic carbocycles. The number of hydrogen-bond acceptors (Lipinski definition) is 5. The zero-order valence-electron chi connectivity index (χ0n) is 10.2. The minimum absolute atomic E-state index is 0.197. The highest BCUT2D eigenvalue weighted by atomic mass is 16.4. The van der Waals surface area contributed by atoms with Gasteiger partial charge in [0.2, 0.25) is 5.89 Å². The molecule has 0 radical (unpaired) electrons. The van der Waals surface area contributed by atoms with E-state index in [-0.39, 0.29) is 12.5 Å². The molecule has 0 bridgehead atoms. The van der Waals surface area contributed by atoms with Gasteiger partial charge in [-0.05, 0) is 13.0 Å². The quantitative estimate of drug-likeness (QED) is 0.851. The van der Waals surface area contributed by atoms with Gasteiger partial charge in [0.1, 0.15) is 5.76 Å². The Labute approximate surface area is 104 Å². The van der Waals surface area contributed by atoms with Crippen molar-refractivity contribution in [2.75, 3.05) is 12.4 Å². The number of anilines is 1. The highest BCUT2D eigenvalue weighted by Crippen LogP contribution is 2.12. The van der Waals surface area contributed by atoms with Gasteiger partial charge in [-0.2, -0.15) is 0 Å². The van der Waals surface area contributed by atoms with Gasteiger partial charge in [0, 0.05) is 13.2 Å². The molecule has 0 spiro atoms. The van der Waals surface area contributed by atoms with E-state index < -0.39 is 0 Å². The van der Waals surface area contributed by atoms with E-state index in [0.717, 1.165) is 5.76 Å². The van der Waals surface area contributed by atoms with Crippen LogP contribution in [0.1, 0.15) is 22.0 Å². The lowest BCUT2D eigenvalue weighted by atomic mass is 10.2. The number of nitrogens with zero attached hydrogens (tertiary/aromatic N) is 2. The first kappa shape index (κ1) is 12.1. The molecule has 0 saturated carbocycles. The van der Waals surface area contributed by atoms with Crippen LogP contribution in [0.5, 0.6) is 0 Å². The number of pyridine rings is 1. The largest absolute Gasteiger partial charge is 0.444 e. The monoisotopic (exact) mass is 246 g/mol. The summed E-state index contributed by atoms with van der Waals surface area (Å²) in [7, 11) is 1.74. The molecule has 0 fully saturated rings. The smallest absolute Gasteiger partial charge is 0.253 e. The molecule has 0 aliphatic heterocycles. The van der Waals surface area contributed by atoms with Crippen molar-refractivity contribution >= 4 is 11.6 Å². The molecule has 2 N–H and O–H groups in total. The number of aromatic nitrogens is 2. The van der Waals surface area contributed by atoms with Crippen molar-refractivity contribution in [2.24, 2.45) is 0 Å². The van der Waals surface area contributed by atoms with Crippen molar-refractivity contribution in [2.45, 2.75) is 13.5 Å². The number of oxazole rings is 1. The maximum Gasteiger partial charge on any atom is 0.253 e. The molecule has 2 rings (SSSR count). The van der Waals surface area contributed by atoms with Gasteiger partial charge in [0.15, 0.2) is 0 Å². The zero-order chi connectivity index (χ0) is 13.0. The molecule has 6 heteroatoms. The van der Waals surface area contributed by atoms with Crippen LogP contribution in [0.15, 0.2) is 29.1 Å². The molecule has 0 aliphatic rings. The second-order valence-corrected chi connectivity index (χ2v) is 3.72. The topological polar surface area (TPSA) is 80.0 Å². The van der Waals surface area contributed by atoms with E-state index in [9.17, 15) is 4.79 Å². The Hall–Kier alpha value is -2.37. The molecule has 0 saturated heterocycles. The van der Waals surface area contributed by atoms with Crippen molar-refractivity contribution in [3.05, 3.63) is 41.9 Å². The van der Waals surface area contributed by atoms with Crippen LogP contribution in [0.3, 0.4) is 0 Å². The standard InChI is InChI=1S/C12H14N4O2/c1-8-5-15-11(18-8)7-16-12(17)9-3-4-14-6-10(9)13-2/h3-6,13H,7H2,1-2H3,(H,16,17). The van der Waals surface area contributed by atoms with Crippen LogP contribution in [0, 0.1) is 6.92 Å². The highest BCUT2D eigenvalue weighted by Gasteiger charge is 2.11. The SMILES string of the molecule is CNc1cnccc1C(=O)NCc1ncc(C)o1. The van der Waals surface area contributed by atoms with Gasteiger partial charge >= 0.3 is 0 Å². The maximum atomic E-state index is 12.0. The fourth-order valence-electron chi connectivity index (χ4n) is 1.53. The summed E-state index contributed by atoms with van der Waals surface area (Å²) >= 11 is 0. The van der Waals surface area contributed by atoms with Gasteiger partial charge in [-0.3, -0.25) is 9.78 Å². The van der Waals surface area contributed by atoms with Crippen LogP contribution in [0.25, 0.3) is 0 Å². The van der Waals surface area contributed by atoms with Gasteiger partial charge in [0.25, 0.3) is 5.91 Å². The Morgan fingerprint density at radius 2 is 2.28 bits per heavy atom. The average Bonchev–Trinajstić information content (AvgIpc) is 2.81. The van der Waals surface area contributed by atoms with Crippen LogP contribution >= 0.6 is 0 Å². The molecule has 0 atom stereocenters. The first-order valence-corrected chi connectivity index (χ1v) is 5.52. The molecule has 0 aliphatic carbocycles. The van der Waals surface area contributed by atoms with Crippen molar-refractivity contribution < 1.29 is 9.21 Å². The van der Waals surface area contributed by atoms with E-state index in [1.54, 1.807) is 38.6 Å². The Morgan fingerprint density at radius 1 is 1.44 bits per heavy atom. The number of rotatable bonds is 4. The first-order valence-electron chi connectivity index (χ1n) is 5.52. The van der Waals surface area contributed by atoms with Crippen molar-refractivity contribution in [1.82, 2.24) is 15.3 Å². The van der Waals surface area contributed by atoms with Gasteiger partial charge < -0.3 is 15.1 Å². The summed E-state index contributed by atoms with van der Waals surface area (Å²) in [5.74, 6) is 1.01. The third-order valence-electron chi connectivity index (χ3n) is 2.40. The summed E-state index contributed by atoms with van der Waals surface area (Å²) in [6.45, 7) is 2.07. The Morgan fingerprint density at radius 3 is 2.94 bits per heavy atom. The lowest BCUT2D eigenvalue weighted by molar-refractivity contribution is 0.0948. The number of hydrogen-bond donors (Lipinski definition) is 2. The summed E-state index contributed by atoms with van der Waals surface area (Å²) in [5.41, 5.74) is 1.22. The van der Waals surface area contributed by atoms with Gasteiger partial charge in [-0.1, -0.05) is 0 Å². The first-order chi connectivity index (χ1) is 8.70. The summed E-state index contributed by atoms with van der Waals surface area (Å²) in [4.78, 5) is 19.9. The lowest BCUT2D eigenvalue weighted by Crippen LogP contribution is -2.23. The zero-order valence-corrected chi connectivity index (χ0v) is 10.2. The molecule has 6 nitrogen and oxygen atoms in total. The fourth-order valence-corrected chi connectivity index (χ4v) is 1.53. The summed E-state index contributed by atoms with van der Waals surface area (Å²) in [5, 5.41) is 5.66. The Kier molecular flexibility index (Phi) is 3.57. The van der Waals surface area contributed by atoms with Crippen molar-refractivity contribution in [3.8, 4) is 0 Å². The van der Waals surface area contributed by atoms with E-state index in [0.29, 0.717) is 17.1 Å². The molecular weight excluding hydrogens is 232 g/mol. The van der Waals surface area contributed by atoms with Crippen molar-refractivity contribution in [1.29, 1.82) is 0 Å². The Balaban J connectivity index is 2.03. The molecule has 1 amide bonds. The number of nitrogens with one attached hydrogen (secondary N) is 2. The lowest BCUT2D eigenvalue weighted by Gasteiger charge is -2.07. The van der Waals surface area contributed by atoms with Gasteiger partial charge in [-0.25, -0.2) is 4.98 Å². The fraction of sp³-hybridized carbons (Fsp3) is 0.250. The summed E-state index contributed by atoms with van der Waals surface area (Å²) in [6, 6.07) is 1.65. The molecule has 18 heavy (non-hydrogen) atoms. The molecule has 2 aromatic rings. The predicted molar refractivity (Wildman–Crippen MR) is 66.2 cm³/mol. The van der Waals surface area contributed by atoms with Crippen LogP contribution in [0.4, 0.5) is 5.69 Å². The molecule has 2 heterocycles. The van der Waals surface area contributed by atoms with Crippen LogP contribution < -0.4 is 10.6 Å². The van der Waals surface area contributed by atoms with Crippen LogP contribution in [-0.2, 0) is 6.54 Å². The predicted octanol–water partition coefficient (Wildman–Crippen LogP) is 1.35. The number of carbonyl (C=O) groups excluding carboxylic acids is 1. The van der Waals surface area contributed by atoms with Gasteiger partial charge in [0.05, 0.1) is 30.2 Å². The minimum atomic E-state index is -0.197. The maximum absolute atomic E-state index is 12.0. The second-order valence-electron chi connectivity index (χ2n) is 3.72. The molecule has 94 valence electrons. The number of aryl methyl sites for hydroxylation is 1. The number of carbonyl (C=O) groups is 1. The van der Waals surface area contributed by atoms with E-state index in [1.165, 1.54) is 0 Å². The van der Waals surface area contributed by atoms with Crippen LogP contribution in [0.2, 0.25) is 0 Å². The van der Waals surface area contributed by atoms with E-state index in [2.05, 4.69) is 20.6 Å². The molecule has 2 aromatic heterocycles. The minimum Gasteiger partial charge on any atom is -0.444 e. The van der Waals surface area contributed by atoms with Crippen LogP contribution in [-0.4, -0.2) is 22.9 Å². The molecular formula is C12H14N4O2. The van der Waals surface area contributed by atoms with E-state index in [4.69, 9.17) is 4.42 Å². The second kappa shape index (κ2) is 5.31. The highest BCUT2D eigenvalue weighted by molar-refractivity contribution is 5.99.